The zero-order valence-electron chi connectivity index (χ0n) is 15.7. The van der Waals surface area contributed by atoms with Gasteiger partial charge in [0, 0.05) is 11.6 Å². The molecule has 1 N–H and O–H groups in total. The van der Waals surface area contributed by atoms with Crippen LogP contribution in [0.3, 0.4) is 0 Å². The lowest BCUT2D eigenvalue weighted by Gasteiger charge is -2.15. The number of thioether (sulfide) groups is 1. The van der Waals surface area contributed by atoms with Gasteiger partial charge in [0.15, 0.2) is 5.16 Å². The van der Waals surface area contributed by atoms with Crippen molar-refractivity contribution in [2.24, 2.45) is 0 Å². The largest absolute Gasteiger partial charge is 0.418 e. The first-order chi connectivity index (χ1) is 14.6. The van der Waals surface area contributed by atoms with Gasteiger partial charge in [-0.25, -0.2) is 4.98 Å². The van der Waals surface area contributed by atoms with Crippen LogP contribution in [0.4, 0.5) is 18.9 Å². The number of hydrogen-bond acceptors (Lipinski definition) is 4. The predicted octanol–water partition coefficient (Wildman–Crippen LogP) is 5.64. The second kappa shape index (κ2) is 9.33. The first-order valence-corrected chi connectivity index (χ1v) is 10.5. The van der Waals surface area contributed by atoms with Crippen molar-refractivity contribution in [3.63, 3.8) is 0 Å². The highest BCUT2D eigenvalue weighted by molar-refractivity contribution is 7.99. The zero-order valence-corrected chi connectivity index (χ0v) is 18.0. The molecule has 0 saturated carbocycles. The number of amides is 1. The molecule has 0 unspecified atom stereocenters. The number of alkyl halides is 3. The van der Waals surface area contributed by atoms with Crippen LogP contribution < -0.4 is 10.9 Å². The average Bonchev–Trinajstić information content (AvgIpc) is 2.69. The summed E-state index contributed by atoms with van der Waals surface area (Å²) in [6.07, 6.45) is -3.20. The molecule has 0 bridgehead atoms. The molecule has 1 amide bonds. The van der Waals surface area contributed by atoms with Crippen molar-refractivity contribution in [1.82, 2.24) is 9.55 Å². The fraction of sp³-hybridized carbons (Fsp3) is 0.150. The molecule has 0 aliphatic heterocycles. The van der Waals surface area contributed by atoms with Gasteiger partial charge in [0.25, 0.3) is 5.56 Å². The van der Waals surface area contributed by atoms with E-state index >= 15 is 0 Å². The first kappa shape index (κ1) is 23.2. The molecule has 1 aromatic heterocycles. The summed E-state index contributed by atoms with van der Waals surface area (Å²) in [4.78, 5) is 29.5. The molecule has 0 radical (unpaired) electrons. The Kier molecular flexibility index (Phi) is 6.98. The van der Waals surface area contributed by atoms with Crippen molar-refractivity contribution in [2.75, 3.05) is 11.1 Å². The van der Waals surface area contributed by atoms with Crippen molar-refractivity contribution >= 4 is 57.5 Å². The van der Waals surface area contributed by atoms with E-state index in [1.54, 1.807) is 12.1 Å². The highest BCUT2D eigenvalue weighted by atomic mass is 35.5. The summed E-state index contributed by atoms with van der Waals surface area (Å²) in [5, 5.41) is 2.88. The number of allylic oxidation sites excluding steroid dienone is 1. The number of carbonyl (C=O) groups is 1. The predicted molar refractivity (Wildman–Crippen MR) is 117 cm³/mol. The second-order valence-corrected chi connectivity index (χ2v) is 8.04. The summed E-state index contributed by atoms with van der Waals surface area (Å²) >= 11 is 12.7. The Bertz CT molecular complexity index is 1230. The molecule has 11 heteroatoms. The third kappa shape index (κ3) is 5.23. The smallest absolute Gasteiger partial charge is 0.324 e. The summed E-state index contributed by atoms with van der Waals surface area (Å²) < 4.78 is 40.9. The van der Waals surface area contributed by atoms with Crippen LogP contribution in [0, 0.1) is 0 Å². The normalized spacial score (nSPS) is 11.5. The van der Waals surface area contributed by atoms with Crippen molar-refractivity contribution < 1.29 is 18.0 Å². The maximum Gasteiger partial charge on any atom is 0.418 e. The summed E-state index contributed by atoms with van der Waals surface area (Å²) in [6, 6.07) is 7.84. The van der Waals surface area contributed by atoms with E-state index in [1.807, 2.05) is 0 Å². The summed E-state index contributed by atoms with van der Waals surface area (Å²) in [6.45, 7) is 3.74. The van der Waals surface area contributed by atoms with Gasteiger partial charge in [0.05, 0.1) is 32.9 Å². The molecule has 1 heterocycles. The first-order valence-electron chi connectivity index (χ1n) is 8.71. The molecule has 0 spiro atoms. The van der Waals surface area contributed by atoms with Gasteiger partial charge in [-0.05, 0) is 30.3 Å². The fourth-order valence-corrected chi connectivity index (χ4v) is 3.96. The number of aromatic nitrogens is 2. The van der Waals surface area contributed by atoms with Gasteiger partial charge in [-0.2, -0.15) is 13.2 Å². The maximum atomic E-state index is 13.2. The Morgan fingerprint density at radius 1 is 1.26 bits per heavy atom. The minimum Gasteiger partial charge on any atom is -0.324 e. The van der Waals surface area contributed by atoms with Crippen LogP contribution >= 0.6 is 35.0 Å². The summed E-state index contributed by atoms with van der Waals surface area (Å²) in [5.41, 5.74) is -1.59. The van der Waals surface area contributed by atoms with Gasteiger partial charge in [0.2, 0.25) is 5.91 Å². The van der Waals surface area contributed by atoms with Crippen molar-refractivity contribution in [2.45, 2.75) is 17.9 Å². The van der Waals surface area contributed by atoms with E-state index in [1.165, 1.54) is 22.8 Å². The Balaban J connectivity index is 1.88. The van der Waals surface area contributed by atoms with E-state index in [2.05, 4.69) is 16.9 Å². The number of benzene rings is 2. The van der Waals surface area contributed by atoms with E-state index < -0.39 is 23.3 Å². The summed E-state index contributed by atoms with van der Waals surface area (Å²) in [5.74, 6) is -1.05. The van der Waals surface area contributed by atoms with Gasteiger partial charge >= 0.3 is 6.18 Å². The van der Waals surface area contributed by atoms with E-state index in [0.29, 0.717) is 15.9 Å². The lowest BCUT2D eigenvalue weighted by atomic mass is 10.1. The number of nitrogens with zero attached hydrogens (tertiary/aromatic N) is 2. The minimum atomic E-state index is -4.69. The van der Waals surface area contributed by atoms with Gasteiger partial charge < -0.3 is 5.32 Å². The van der Waals surface area contributed by atoms with Crippen LogP contribution in [-0.4, -0.2) is 21.2 Å². The maximum absolute atomic E-state index is 13.2. The van der Waals surface area contributed by atoms with Gasteiger partial charge in [-0.1, -0.05) is 47.1 Å². The van der Waals surface area contributed by atoms with Gasteiger partial charge in [-0.3, -0.25) is 14.2 Å². The van der Waals surface area contributed by atoms with Crippen LogP contribution in [0.15, 0.2) is 59.0 Å². The van der Waals surface area contributed by atoms with E-state index in [4.69, 9.17) is 23.2 Å². The highest BCUT2D eigenvalue weighted by Crippen LogP contribution is 2.38. The van der Waals surface area contributed by atoms with Gasteiger partial charge in [-0.15, -0.1) is 6.58 Å². The molecule has 0 fully saturated rings. The van der Waals surface area contributed by atoms with E-state index in [9.17, 15) is 22.8 Å². The molecular weight excluding hydrogens is 474 g/mol. The van der Waals surface area contributed by atoms with Crippen molar-refractivity contribution in [3.8, 4) is 0 Å². The van der Waals surface area contributed by atoms with Crippen molar-refractivity contribution in [3.05, 3.63) is 75.0 Å². The standard InChI is InChI=1S/C20H14Cl2F3N3O2S/c1-2-8-28-18(30)12-7-6-11(21)9-15(12)26-19(28)31-10-16(29)27-17-13(20(23,24)25)4-3-5-14(17)22/h2-7,9H,1,8,10H2,(H,27,29). The van der Waals surface area contributed by atoms with Crippen LogP contribution in [0.1, 0.15) is 5.56 Å². The molecule has 3 rings (SSSR count). The quantitative estimate of drug-likeness (QED) is 0.277. The summed E-state index contributed by atoms with van der Waals surface area (Å²) in [7, 11) is 0. The van der Waals surface area contributed by atoms with E-state index in [0.717, 1.165) is 23.9 Å². The van der Waals surface area contributed by atoms with Crippen LogP contribution in [0.5, 0.6) is 0 Å². The highest BCUT2D eigenvalue weighted by Gasteiger charge is 2.34. The average molecular weight is 488 g/mol. The molecule has 0 aliphatic rings. The zero-order chi connectivity index (χ0) is 22.8. The number of anilines is 1. The number of hydrogen-bond donors (Lipinski definition) is 1. The fourth-order valence-electron chi connectivity index (χ4n) is 2.77. The number of halogens is 5. The molecule has 3 aromatic rings. The Morgan fingerprint density at radius 3 is 2.68 bits per heavy atom. The Morgan fingerprint density at radius 2 is 2.00 bits per heavy atom. The molecule has 31 heavy (non-hydrogen) atoms. The molecular formula is C20H14Cl2F3N3O2S. The molecule has 0 aliphatic carbocycles. The number of carbonyl (C=O) groups excluding carboxylic acids is 1. The molecule has 0 saturated heterocycles. The number of nitrogens with one attached hydrogen (secondary N) is 1. The number of para-hydroxylation sites is 1. The third-order valence-electron chi connectivity index (χ3n) is 4.11. The second-order valence-electron chi connectivity index (χ2n) is 6.26. The third-order valence-corrected chi connectivity index (χ3v) is 5.64. The molecule has 2 aromatic carbocycles. The van der Waals surface area contributed by atoms with Gasteiger partial charge in [0.1, 0.15) is 0 Å². The topological polar surface area (TPSA) is 64.0 Å². The number of rotatable bonds is 6. The van der Waals surface area contributed by atoms with Crippen LogP contribution in [0.2, 0.25) is 10.0 Å². The van der Waals surface area contributed by atoms with Crippen LogP contribution in [0.25, 0.3) is 10.9 Å². The lowest BCUT2D eigenvalue weighted by molar-refractivity contribution is -0.137. The molecule has 5 nitrogen and oxygen atoms in total. The van der Waals surface area contributed by atoms with Crippen LogP contribution in [-0.2, 0) is 17.5 Å². The minimum absolute atomic E-state index is 0.136. The Hall–Kier alpha value is -2.49. The van der Waals surface area contributed by atoms with E-state index in [-0.39, 0.29) is 28.0 Å². The molecule has 0 atom stereocenters. The number of fused-ring (bicyclic) bond motifs is 1. The van der Waals surface area contributed by atoms with Crippen molar-refractivity contribution in [1.29, 1.82) is 0 Å². The lowest BCUT2D eigenvalue weighted by Crippen LogP contribution is -2.24. The SMILES string of the molecule is C=CCn1c(SCC(=O)Nc2c(Cl)cccc2C(F)(F)F)nc2cc(Cl)ccc2c1=O. The monoisotopic (exact) mass is 487 g/mol. The Labute approximate surface area is 188 Å². The molecule has 162 valence electrons.